The van der Waals surface area contributed by atoms with Crippen LogP contribution in [-0.2, 0) is 0 Å². The van der Waals surface area contributed by atoms with Crippen LogP contribution in [0.2, 0.25) is 0 Å². The van der Waals surface area contributed by atoms with Crippen molar-refractivity contribution in [1.29, 1.82) is 0 Å². The van der Waals surface area contributed by atoms with Gasteiger partial charge in [0.25, 0.3) is 0 Å². The molecule has 1 rings (SSSR count). The minimum Gasteiger partial charge on any atom is -0.356 e. The fourth-order valence-electron chi connectivity index (χ4n) is 6.36. The highest BCUT2D eigenvalue weighted by Gasteiger charge is 2.24. The van der Waals surface area contributed by atoms with Crippen molar-refractivity contribution >= 4 is 0 Å². The van der Waals surface area contributed by atoms with Crippen LogP contribution in [0.3, 0.4) is 0 Å². The lowest BCUT2D eigenvalue weighted by atomic mass is 10.1. The van der Waals surface area contributed by atoms with Gasteiger partial charge in [-0.2, -0.15) is 0 Å². The van der Waals surface area contributed by atoms with E-state index in [4.69, 9.17) is 0 Å². The first-order valence-electron chi connectivity index (χ1n) is 18.5. The summed E-state index contributed by atoms with van der Waals surface area (Å²) in [6.07, 6.45) is 46.9. The Hall–Kier alpha value is -0.660. The predicted molar refractivity (Wildman–Crippen MR) is 177 cm³/mol. The molecule has 0 spiro atoms. The molecule has 0 aromatic carbocycles. The largest absolute Gasteiger partial charge is 0.356 e. The standard InChI is InChI=1S/C37H74N2/c1-4-7-10-13-16-18-20-22-24-27-30-33-38-35-36-39(37(38)32-29-26-15-12-9-6-3)34-31-28-25-23-21-19-17-14-11-8-5-2/h35-37H,4-34H2,1-3H3. The monoisotopic (exact) mass is 547 g/mol. The topological polar surface area (TPSA) is 6.48 Å². The summed E-state index contributed by atoms with van der Waals surface area (Å²) in [5.41, 5.74) is 0. The zero-order valence-electron chi connectivity index (χ0n) is 27.5. The second kappa shape index (κ2) is 28.9. The van der Waals surface area contributed by atoms with Crippen molar-refractivity contribution in [2.75, 3.05) is 13.1 Å². The first kappa shape index (κ1) is 36.4. The third-order valence-corrected chi connectivity index (χ3v) is 9.07. The number of unbranched alkanes of at least 4 members (excludes halogenated alkanes) is 25. The van der Waals surface area contributed by atoms with Crippen LogP contribution < -0.4 is 0 Å². The van der Waals surface area contributed by atoms with E-state index in [9.17, 15) is 0 Å². The molecule has 39 heavy (non-hydrogen) atoms. The van der Waals surface area contributed by atoms with E-state index in [2.05, 4.69) is 43.0 Å². The van der Waals surface area contributed by atoms with Crippen LogP contribution in [0, 0.1) is 0 Å². The van der Waals surface area contributed by atoms with Crippen LogP contribution in [0.25, 0.3) is 0 Å². The summed E-state index contributed by atoms with van der Waals surface area (Å²) >= 11 is 0. The zero-order valence-corrected chi connectivity index (χ0v) is 27.5. The van der Waals surface area contributed by atoms with Crippen molar-refractivity contribution in [2.24, 2.45) is 0 Å². The summed E-state index contributed by atoms with van der Waals surface area (Å²) < 4.78 is 0. The van der Waals surface area contributed by atoms with Gasteiger partial charge in [0.05, 0.1) is 0 Å². The predicted octanol–water partition coefficient (Wildman–Crippen LogP) is 12.8. The van der Waals surface area contributed by atoms with E-state index in [-0.39, 0.29) is 0 Å². The second-order valence-corrected chi connectivity index (χ2v) is 12.9. The molecule has 2 nitrogen and oxygen atoms in total. The fourth-order valence-corrected chi connectivity index (χ4v) is 6.36. The smallest absolute Gasteiger partial charge is 0.101 e. The Morgan fingerprint density at radius 2 is 0.590 bits per heavy atom. The third kappa shape index (κ3) is 21.7. The van der Waals surface area contributed by atoms with E-state index in [1.807, 2.05) is 0 Å². The third-order valence-electron chi connectivity index (χ3n) is 9.07. The fraction of sp³-hybridized carbons (Fsp3) is 0.946. The highest BCUT2D eigenvalue weighted by atomic mass is 15.4. The zero-order chi connectivity index (χ0) is 28.1. The Labute approximate surface area is 248 Å². The molecule has 0 fully saturated rings. The molecule has 0 atom stereocenters. The summed E-state index contributed by atoms with van der Waals surface area (Å²) in [6.45, 7) is 9.48. The van der Waals surface area contributed by atoms with Gasteiger partial charge in [0, 0.05) is 25.5 Å². The molecule has 0 aromatic rings. The van der Waals surface area contributed by atoms with Gasteiger partial charge in [-0.25, -0.2) is 0 Å². The molecule has 0 N–H and O–H groups in total. The number of rotatable bonds is 31. The van der Waals surface area contributed by atoms with E-state index in [0.29, 0.717) is 6.17 Å². The number of hydrogen-bond acceptors (Lipinski definition) is 2. The van der Waals surface area contributed by atoms with E-state index >= 15 is 0 Å². The summed E-state index contributed by atoms with van der Waals surface area (Å²) in [5.74, 6) is 0. The van der Waals surface area contributed by atoms with E-state index in [1.165, 1.54) is 199 Å². The number of nitrogens with zero attached hydrogens (tertiary/aromatic N) is 2. The van der Waals surface area contributed by atoms with Gasteiger partial charge in [-0.1, -0.05) is 181 Å². The van der Waals surface area contributed by atoms with Crippen LogP contribution >= 0.6 is 0 Å². The first-order chi connectivity index (χ1) is 19.3. The maximum Gasteiger partial charge on any atom is 0.101 e. The first-order valence-corrected chi connectivity index (χ1v) is 18.5. The minimum absolute atomic E-state index is 0.641. The maximum atomic E-state index is 2.71. The minimum atomic E-state index is 0.641. The van der Waals surface area contributed by atoms with E-state index in [0.717, 1.165) is 0 Å². The lowest BCUT2D eigenvalue weighted by Crippen LogP contribution is -2.39. The molecule has 232 valence electrons. The molecule has 1 aliphatic rings. The molecule has 2 heteroatoms. The van der Waals surface area contributed by atoms with Gasteiger partial charge in [-0.05, 0) is 25.7 Å². The summed E-state index contributed by atoms with van der Waals surface area (Å²) in [6, 6.07) is 0. The molecule has 1 heterocycles. The van der Waals surface area contributed by atoms with Gasteiger partial charge in [0.15, 0.2) is 0 Å². The molecule has 0 radical (unpaired) electrons. The molecular weight excluding hydrogens is 472 g/mol. The molecule has 0 saturated carbocycles. The van der Waals surface area contributed by atoms with Crippen LogP contribution in [-0.4, -0.2) is 29.1 Å². The summed E-state index contributed by atoms with van der Waals surface area (Å²) in [4.78, 5) is 5.41. The Balaban J connectivity index is 2.19. The molecule has 0 saturated heterocycles. The molecule has 0 aliphatic carbocycles. The normalized spacial score (nSPS) is 13.8. The molecule has 0 unspecified atom stereocenters. The molecule has 1 aliphatic heterocycles. The van der Waals surface area contributed by atoms with Gasteiger partial charge in [0.2, 0.25) is 0 Å². The second-order valence-electron chi connectivity index (χ2n) is 12.9. The van der Waals surface area contributed by atoms with Crippen molar-refractivity contribution in [1.82, 2.24) is 9.80 Å². The Morgan fingerprint density at radius 3 is 0.897 bits per heavy atom. The average molecular weight is 547 g/mol. The van der Waals surface area contributed by atoms with Crippen molar-refractivity contribution < 1.29 is 0 Å². The van der Waals surface area contributed by atoms with E-state index in [1.54, 1.807) is 0 Å². The molecule has 0 aromatic heterocycles. The van der Waals surface area contributed by atoms with Crippen molar-refractivity contribution in [3.63, 3.8) is 0 Å². The average Bonchev–Trinajstić information content (AvgIpc) is 3.33. The highest BCUT2D eigenvalue weighted by Crippen LogP contribution is 2.24. The van der Waals surface area contributed by atoms with Gasteiger partial charge < -0.3 is 9.80 Å². The molecule has 0 amide bonds. The summed E-state index contributed by atoms with van der Waals surface area (Å²) in [7, 11) is 0. The quantitative estimate of drug-likeness (QED) is 0.0798. The molecular formula is C37H74N2. The highest BCUT2D eigenvalue weighted by molar-refractivity contribution is 4.97. The van der Waals surface area contributed by atoms with Crippen LogP contribution in [0.4, 0.5) is 0 Å². The van der Waals surface area contributed by atoms with Gasteiger partial charge in [0.1, 0.15) is 6.17 Å². The number of hydrogen-bond donors (Lipinski definition) is 0. The lowest BCUT2D eigenvalue weighted by molar-refractivity contribution is 0.135. The van der Waals surface area contributed by atoms with Crippen molar-refractivity contribution in [3.05, 3.63) is 12.4 Å². The Kier molecular flexibility index (Phi) is 26.9. The molecule has 0 bridgehead atoms. The van der Waals surface area contributed by atoms with E-state index < -0.39 is 0 Å². The SMILES string of the molecule is CCCCCCCCCCCCCN1C=CN(CCCCCCCCCCCCC)C1CCCCCCCC. The maximum absolute atomic E-state index is 2.71. The van der Waals surface area contributed by atoms with Gasteiger partial charge in [-0.3, -0.25) is 0 Å². The van der Waals surface area contributed by atoms with Gasteiger partial charge in [-0.15, -0.1) is 0 Å². The van der Waals surface area contributed by atoms with Crippen molar-refractivity contribution in [3.8, 4) is 0 Å². The Bertz CT molecular complexity index is 466. The Morgan fingerprint density at radius 1 is 0.333 bits per heavy atom. The van der Waals surface area contributed by atoms with Crippen LogP contribution in [0.15, 0.2) is 12.4 Å². The van der Waals surface area contributed by atoms with Crippen LogP contribution in [0.1, 0.15) is 207 Å². The lowest BCUT2D eigenvalue weighted by Gasteiger charge is -2.33. The van der Waals surface area contributed by atoms with Gasteiger partial charge >= 0.3 is 0 Å². The van der Waals surface area contributed by atoms with Crippen molar-refractivity contribution in [2.45, 2.75) is 213 Å². The summed E-state index contributed by atoms with van der Waals surface area (Å²) in [5, 5.41) is 0. The van der Waals surface area contributed by atoms with Crippen LogP contribution in [0.5, 0.6) is 0 Å².